The fraction of sp³-hybridized carbons (Fsp3) is 0.400. The molecule has 9 nitrogen and oxygen atoms in total. The van der Waals surface area contributed by atoms with Crippen molar-refractivity contribution < 1.29 is 9.53 Å². The van der Waals surface area contributed by atoms with Crippen LogP contribution in [-0.4, -0.2) is 54.7 Å². The standard InChI is InChI=1S/C25H26ClN7O2/c1-32-20(19(26)11-31-32)10-15-7-8-17-18(23(15)34)5-2-6-21(17)35-12-16-4-3-9-33(16)25-22-24(28-13-27-22)29-14-30-25/h2,5-6,11,13-16H,3-4,7-10,12H2,1H3,(H,27,28,29,30). The van der Waals surface area contributed by atoms with Gasteiger partial charge in [0.05, 0.1) is 29.3 Å². The third kappa shape index (κ3) is 3.93. The van der Waals surface area contributed by atoms with Gasteiger partial charge in [0.15, 0.2) is 17.2 Å². The lowest BCUT2D eigenvalue weighted by Crippen LogP contribution is -2.35. The number of carbonyl (C=O) groups excluding carboxylic acids is 1. The van der Waals surface area contributed by atoms with Crippen molar-refractivity contribution in [3.05, 3.63) is 58.9 Å². The number of anilines is 1. The second-order valence-electron chi connectivity index (χ2n) is 9.25. The molecule has 0 saturated carbocycles. The van der Waals surface area contributed by atoms with Gasteiger partial charge in [-0.2, -0.15) is 5.10 Å². The molecule has 1 fully saturated rings. The Balaban J connectivity index is 1.19. The number of ketones is 1. The van der Waals surface area contributed by atoms with Crippen LogP contribution in [0.5, 0.6) is 5.75 Å². The Labute approximate surface area is 207 Å². The number of H-pyrrole nitrogens is 1. The second-order valence-corrected chi connectivity index (χ2v) is 9.65. The highest BCUT2D eigenvalue weighted by molar-refractivity contribution is 6.31. The molecule has 0 spiro atoms. The van der Waals surface area contributed by atoms with E-state index in [0.717, 1.165) is 71.8 Å². The molecule has 4 heterocycles. The first-order chi connectivity index (χ1) is 17.1. The molecular formula is C25H26ClN7O2. The first-order valence-electron chi connectivity index (χ1n) is 12.0. The number of benzene rings is 1. The summed E-state index contributed by atoms with van der Waals surface area (Å²) in [5, 5.41) is 4.82. The summed E-state index contributed by atoms with van der Waals surface area (Å²) >= 11 is 6.29. The summed E-state index contributed by atoms with van der Waals surface area (Å²) in [5.74, 6) is 1.68. The first kappa shape index (κ1) is 22.0. The van der Waals surface area contributed by atoms with E-state index < -0.39 is 0 Å². The van der Waals surface area contributed by atoms with Crippen LogP contribution in [0.25, 0.3) is 11.2 Å². The number of rotatable bonds is 6. The van der Waals surface area contributed by atoms with E-state index in [0.29, 0.717) is 18.1 Å². The van der Waals surface area contributed by atoms with Crippen LogP contribution >= 0.6 is 11.6 Å². The molecule has 1 N–H and O–H groups in total. The number of aromatic amines is 1. The van der Waals surface area contributed by atoms with Gasteiger partial charge in [0.25, 0.3) is 0 Å². The van der Waals surface area contributed by atoms with Crippen LogP contribution in [0.3, 0.4) is 0 Å². The minimum Gasteiger partial charge on any atom is -0.491 e. The van der Waals surface area contributed by atoms with E-state index in [-0.39, 0.29) is 17.7 Å². The Hall–Kier alpha value is -3.46. The molecule has 10 heteroatoms. The van der Waals surface area contributed by atoms with Gasteiger partial charge in [-0.05, 0) is 31.7 Å². The number of carbonyl (C=O) groups is 1. The number of nitrogens with zero attached hydrogens (tertiary/aromatic N) is 6. The molecule has 0 amide bonds. The summed E-state index contributed by atoms with van der Waals surface area (Å²) < 4.78 is 8.12. The van der Waals surface area contributed by atoms with Crippen molar-refractivity contribution >= 4 is 34.4 Å². The summed E-state index contributed by atoms with van der Waals surface area (Å²) in [5.41, 5.74) is 4.18. The Morgan fingerprint density at radius 1 is 1.23 bits per heavy atom. The maximum absolute atomic E-state index is 13.4. The lowest BCUT2D eigenvalue weighted by Gasteiger charge is -2.28. The third-order valence-electron chi connectivity index (χ3n) is 7.24. The van der Waals surface area contributed by atoms with Crippen LogP contribution in [0.4, 0.5) is 5.82 Å². The summed E-state index contributed by atoms with van der Waals surface area (Å²) in [7, 11) is 1.86. The number of nitrogens with one attached hydrogen (secondary N) is 1. The zero-order valence-electron chi connectivity index (χ0n) is 19.4. The number of fused-ring (bicyclic) bond motifs is 2. The zero-order valence-corrected chi connectivity index (χ0v) is 20.2. The predicted octanol–water partition coefficient (Wildman–Crippen LogP) is 3.78. The topological polar surface area (TPSA) is 102 Å². The minimum absolute atomic E-state index is 0.106. The molecule has 3 aromatic heterocycles. The van der Waals surface area contributed by atoms with E-state index in [1.54, 1.807) is 23.5 Å². The summed E-state index contributed by atoms with van der Waals surface area (Å²) in [4.78, 5) is 31.9. The molecule has 2 unspecified atom stereocenters. The molecule has 0 radical (unpaired) electrons. The largest absolute Gasteiger partial charge is 0.491 e. The number of Topliss-reactive ketones (excluding diaryl/α,β-unsaturated/α-hetero) is 1. The number of hydrogen-bond acceptors (Lipinski definition) is 7. The molecule has 6 rings (SSSR count). The highest BCUT2D eigenvalue weighted by Gasteiger charge is 2.32. The van der Waals surface area contributed by atoms with Crippen molar-refractivity contribution in [1.29, 1.82) is 0 Å². The van der Waals surface area contributed by atoms with Crippen LogP contribution in [-0.2, 0) is 19.9 Å². The Bertz CT molecular complexity index is 1380. The van der Waals surface area contributed by atoms with E-state index in [1.807, 2.05) is 25.2 Å². The third-order valence-corrected chi connectivity index (χ3v) is 7.56. The molecule has 1 saturated heterocycles. The van der Waals surface area contributed by atoms with E-state index in [2.05, 4.69) is 29.9 Å². The van der Waals surface area contributed by atoms with Gasteiger partial charge in [0.2, 0.25) is 0 Å². The molecular weight excluding hydrogens is 466 g/mol. The Morgan fingerprint density at radius 2 is 2.14 bits per heavy atom. The molecule has 2 atom stereocenters. The van der Waals surface area contributed by atoms with Crippen LogP contribution in [0.2, 0.25) is 5.02 Å². The van der Waals surface area contributed by atoms with Crippen molar-refractivity contribution in [3.8, 4) is 5.75 Å². The highest BCUT2D eigenvalue weighted by atomic mass is 35.5. The van der Waals surface area contributed by atoms with Crippen LogP contribution in [0.15, 0.2) is 37.1 Å². The average molecular weight is 492 g/mol. The van der Waals surface area contributed by atoms with E-state index in [9.17, 15) is 4.79 Å². The molecule has 1 aliphatic carbocycles. The van der Waals surface area contributed by atoms with Gasteiger partial charge >= 0.3 is 0 Å². The number of ether oxygens (including phenoxy) is 1. The molecule has 35 heavy (non-hydrogen) atoms. The Morgan fingerprint density at radius 3 is 3.00 bits per heavy atom. The SMILES string of the molecule is Cn1ncc(Cl)c1CC1CCc2c(OCC3CCCN3c3ncnc4[nH]cnc34)cccc2C1=O. The normalized spacial score (nSPS) is 19.9. The summed E-state index contributed by atoms with van der Waals surface area (Å²) in [6.07, 6.45) is 9.08. The van der Waals surface area contributed by atoms with Gasteiger partial charge in [0, 0.05) is 37.1 Å². The lowest BCUT2D eigenvalue weighted by atomic mass is 9.80. The van der Waals surface area contributed by atoms with Gasteiger partial charge in [-0.3, -0.25) is 9.48 Å². The van der Waals surface area contributed by atoms with Gasteiger partial charge < -0.3 is 14.6 Å². The molecule has 4 aromatic rings. The Kier molecular flexibility index (Phi) is 5.64. The van der Waals surface area contributed by atoms with Crippen molar-refractivity contribution in [2.24, 2.45) is 13.0 Å². The van der Waals surface area contributed by atoms with Gasteiger partial charge in [0.1, 0.15) is 24.2 Å². The van der Waals surface area contributed by atoms with Gasteiger partial charge in [-0.25, -0.2) is 15.0 Å². The number of imidazole rings is 1. The lowest BCUT2D eigenvalue weighted by molar-refractivity contribution is 0.0898. The highest BCUT2D eigenvalue weighted by Crippen LogP contribution is 2.35. The van der Waals surface area contributed by atoms with Crippen molar-refractivity contribution in [2.75, 3.05) is 18.1 Å². The zero-order chi connectivity index (χ0) is 23.9. The molecule has 1 aromatic carbocycles. The van der Waals surface area contributed by atoms with Gasteiger partial charge in [-0.1, -0.05) is 23.7 Å². The van der Waals surface area contributed by atoms with Crippen LogP contribution < -0.4 is 9.64 Å². The van der Waals surface area contributed by atoms with E-state index in [4.69, 9.17) is 16.3 Å². The van der Waals surface area contributed by atoms with Crippen molar-refractivity contribution in [3.63, 3.8) is 0 Å². The first-order valence-corrected chi connectivity index (χ1v) is 12.3. The van der Waals surface area contributed by atoms with E-state index in [1.165, 1.54) is 0 Å². The molecule has 180 valence electrons. The fourth-order valence-corrected chi connectivity index (χ4v) is 5.63. The summed E-state index contributed by atoms with van der Waals surface area (Å²) in [6.45, 7) is 1.42. The molecule has 0 bridgehead atoms. The quantitative estimate of drug-likeness (QED) is 0.438. The smallest absolute Gasteiger partial charge is 0.166 e. The van der Waals surface area contributed by atoms with Crippen LogP contribution in [0, 0.1) is 5.92 Å². The van der Waals surface area contributed by atoms with Crippen molar-refractivity contribution in [1.82, 2.24) is 29.7 Å². The maximum atomic E-state index is 13.4. The monoisotopic (exact) mass is 491 g/mol. The fourth-order valence-electron chi connectivity index (χ4n) is 5.39. The van der Waals surface area contributed by atoms with Crippen LogP contribution in [0.1, 0.15) is 40.9 Å². The molecule has 2 aliphatic rings. The number of aryl methyl sites for hydroxylation is 1. The van der Waals surface area contributed by atoms with Gasteiger partial charge in [-0.15, -0.1) is 0 Å². The van der Waals surface area contributed by atoms with Crippen molar-refractivity contribution in [2.45, 2.75) is 38.1 Å². The number of aromatic nitrogens is 6. The number of halogens is 1. The number of hydrogen-bond donors (Lipinski definition) is 1. The summed E-state index contributed by atoms with van der Waals surface area (Å²) in [6, 6.07) is 5.98. The van der Waals surface area contributed by atoms with E-state index >= 15 is 0 Å². The maximum Gasteiger partial charge on any atom is 0.166 e. The molecule has 1 aliphatic heterocycles. The predicted molar refractivity (Wildman–Crippen MR) is 132 cm³/mol. The second kappa shape index (κ2) is 8.96. The average Bonchev–Trinajstić information content (AvgIpc) is 3.61. The minimum atomic E-state index is -0.106.